The molecule has 1 heterocycles. The SMILES string of the molecule is CC[C@@H](O)[C@@H](O)[C@@H](C)CC[C@@H]1OC(CO)[C@H](O)C(O)C1O. The van der Waals surface area contributed by atoms with Crippen molar-refractivity contribution in [2.24, 2.45) is 5.92 Å². The molecule has 0 aliphatic carbocycles. The van der Waals surface area contributed by atoms with Gasteiger partial charge in [0.25, 0.3) is 0 Å². The number of hydrogen-bond donors (Lipinski definition) is 6. The zero-order valence-corrected chi connectivity index (χ0v) is 12.5. The van der Waals surface area contributed by atoms with Crippen LogP contribution in [0.4, 0.5) is 0 Å². The van der Waals surface area contributed by atoms with E-state index < -0.39 is 49.3 Å². The fraction of sp³-hybridized carbons (Fsp3) is 1.00. The van der Waals surface area contributed by atoms with Crippen molar-refractivity contribution in [1.29, 1.82) is 0 Å². The van der Waals surface area contributed by atoms with Crippen LogP contribution in [0.15, 0.2) is 0 Å². The van der Waals surface area contributed by atoms with Gasteiger partial charge in [-0.1, -0.05) is 13.8 Å². The molecule has 7 nitrogen and oxygen atoms in total. The second-order valence-corrected chi connectivity index (χ2v) is 5.89. The van der Waals surface area contributed by atoms with Crippen molar-refractivity contribution in [3.63, 3.8) is 0 Å². The lowest BCUT2D eigenvalue weighted by atomic mass is 9.88. The molecule has 1 aliphatic rings. The van der Waals surface area contributed by atoms with Crippen molar-refractivity contribution in [1.82, 2.24) is 0 Å². The van der Waals surface area contributed by atoms with Crippen LogP contribution in [-0.2, 0) is 4.74 Å². The van der Waals surface area contributed by atoms with Gasteiger partial charge in [0, 0.05) is 0 Å². The van der Waals surface area contributed by atoms with Crippen LogP contribution < -0.4 is 0 Å². The molecule has 1 saturated heterocycles. The third-order valence-electron chi connectivity index (χ3n) is 4.29. The number of aliphatic hydroxyl groups excluding tert-OH is 6. The average molecular weight is 308 g/mol. The Morgan fingerprint density at radius 1 is 1.00 bits per heavy atom. The molecule has 3 unspecified atom stereocenters. The molecule has 0 aromatic heterocycles. The normalized spacial score (nSPS) is 38.0. The van der Waals surface area contributed by atoms with Gasteiger partial charge in [0.2, 0.25) is 0 Å². The molecule has 0 amide bonds. The van der Waals surface area contributed by atoms with Crippen molar-refractivity contribution in [2.75, 3.05) is 6.61 Å². The highest BCUT2D eigenvalue weighted by Crippen LogP contribution is 2.26. The van der Waals surface area contributed by atoms with E-state index >= 15 is 0 Å². The summed E-state index contributed by atoms with van der Waals surface area (Å²) >= 11 is 0. The van der Waals surface area contributed by atoms with Gasteiger partial charge in [0.15, 0.2) is 0 Å². The zero-order chi connectivity index (χ0) is 16.2. The van der Waals surface area contributed by atoms with E-state index in [2.05, 4.69) is 0 Å². The molecule has 8 atom stereocenters. The molecule has 0 spiro atoms. The Bertz CT molecular complexity index is 299. The van der Waals surface area contributed by atoms with Crippen LogP contribution in [-0.4, -0.2) is 80.0 Å². The highest BCUT2D eigenvalue weighted by atomic mass is 16.5. The van der Waals surface area contributed by atoms with Crippen LogP contribution in [0.5, 0.6) is 0 Å². The highest BCUT2D eigenvalue weighted by Gasteiger charge is 2.43. The molecule has 126 valence electrons. The quantitative estimate of drug-likeness (QED) is 0.333. The van der Waals surface area contributed by atoms with E-state index in [1.165, 1.54) is 0 Å². The van der Waals surface area contributed by atoms with Crippen molar-refractivity contribution in [2.45, 2.75) is 75.8 Å². The average Bonchev–Trinajstić information content (AvgIpc) is 2.50. The van der Waals surface area contributed by atoms with Crippen LogP contribution in [0, 0.1) is 5.92 Å². The van der Waals surface area contributed by atoms with Gasteiger partial charge in [-0.15, -0.1) is 0 Å². The highest BCUT2D eigenvalue weighted by molar-refractivity contribution is 4.92. The smallest absolute Gasteiger partial charge is 0.111 e. The van der Waals surface area contributed by atoms with E-state index in [0.717, 1.165) is 0 Å². The van der Waals surface area contributed by atoms with E-state index in [1.807, 2.05) is 0 Å². The molecule has 0 aromatic rings. The Hall–Kier alpha value is -0.280. The summed E-state index contributed by atoms with van der Waals surface area (Å²) in [4.78, 5) is 0. The predicted molar refractivity (Wildman–Crippen MR) is 74.5 cm³/mol. The van der Waals surface area contributed by atoms with Crippen LogP contribution >= 0.6 is 0 Å². The molecule has 0 radical (unpaired) electrons. The van der Waals surface area contributed by atoms with Crippen LogP contribution in [0.25, 0.3) is 0 Å². The first-order valence-electron chi connectivity index (χ1n) is 7.50. The minimum Gasteiger partial charge on any atom is -0.394 e. The molecule has 1 rings (SSSR count). The van der Waals surface area contributed by atoms with Crippen molar-refractivity contribution < 1.29 is 35.4 Å². The van der Waals surface area contributed by atoms with Gasteiger partial charge >= 0.3 is 0 Å². The fourth-order valence-electron chi connectivity index (χ4n) is 2.64. The van der Waals surface area contributed by atoms with E-state index in [4.69, 9.17) is 9.84 Å². The first-order chi connectivity index (χ1) is 9.83. The maximum Gasteiger partial charge on any atom is 0.111 e. The zero-order valence-electron chi connectivity index (χ0n) is 12.5. The molecule has 7 heteroatoms. The van der Waals surface area contributed by atoms with E-state index in [1.54, 1.807) is 13.8 Å². The van der Waals surface area contributed by atoms with Gasteiger partial charge in [-0.25, -0.2) is 0 Å². The summed E-state index contributed by atoms with van der Waals surface area (Å²) in [6, 6.07) is 0. The Balaban J connectivity index is 2.53. The Kier molecular flexibility index (Phi) is 7.49. The molecule has 0 saturated carbocycles. The van der Waals surface area contributed by atoms with Gasteiger partial charge in [-0.05, 0) is 25.2 Å². The molecule has 0 aromatic carbocycles. The third-order valence-corrected chi connectivity index (χ3v) is 4.29. The molecular weight excluding hydrogens is 280 g/mol. The Morgan fingerprint density at radius 3 is 2.10 bits per heavy atom. The van der Waals surface area contributed by atoms with Crippen molar-refractivity contribution in [3.8, 4) is 0 Å². The minimum atomic E-state index is -1.37. The van der Waals surface area contributed by atoms with Gasteiger partial charge in [0.1, 0.15) is 24.4 Å². The third kappa shape index (κ3) is 4.59. The second kappa shape index (κ2) is 8.38. The number of aliphatic hydroxyl groups is 6. The molecule has 1 aliphatic heterocycles. The summed E-state index contributed by atoms with van der Waals surface area (Å²) in [5.41, 5.74) is 0. The summed E-state index contributed by atoms with van der Waals surface area (Å²) < 4.78 is 5.39. The second-order valence-electron chi connectivity index (χ2n) is 5.89. The van der Waals surface area contributed by atoms with Gasteiger partial charge in [0.05, 0.1) is 24.9 Å². The van der Waals surface area contributed by atoms with Gasteiger partial charge in [-0.3, -0.25) is 0 Å². The first kappa shape index (κ1) is 18.8. The van der Waals surface area contributed by atoms with Crippen LogP contribution in [0.1, 0.15) is 33.1 Å². The minimum absolute atomic E-state index is 0.202. The van der Waals surface area contributed by atoms with E-state index in [9.17, 15) is 25.5 Å². The van der Waals surface area contributed by atoms with E-state index in [0.29, 0.717) is 19.3 Å². The summed E-state index contributed by atoms with van der Waals surface area (Å²) in [5, 5.41) is 57.9. The number of rotatable bonds is 7. The lowest BCUT2D eigenvalue weighted by Crippen LogP contribution is -2.58. The maximum atomic E-state index is 9.90. The summed E-state index contributed by atoms with van der Waals surface area (Å²) in [5.74, 6) is -0.202. The fourth-order valence-corrected chi connectivity index (χ4v) is 2.64. The van der Waals surface area contributed by atoms with Crippen molar-refractivity contribution in [3.05, 3.63) is 0 Å². The molecule has 1 fully saturated rings. The van der Waals surface area contributed by atoms with Crippen molar-refractivity contribution >= 4 is 0 Å². The molecule has 0 bridgehead atoms. The number of hydrogen-bond acceptors (Lipinski definition) is 7. The number of ether oxygens (including phenoxy) is 1. The standard InChI is InChI=1S/C14H28O7/c1-3-8(16)11(17)7(2)4-5-9-12(18)14(20)13(19)10(6-15)21-9/h7-20H,3-6H2,1-2H3/t7-,8+,9-,10?,11-,12?,13-,14?/m0/s1. The van der Waals surface area contributed by atoms with Crippen LogP contribution in [0.2, 0.25) is 0 Å². The molecule has 6 N–H and O–H groups in total. The summed E-state index contributed by atoms with van der Waals surface area (Å²) in [7, 11) is 0. The molecular formula is C14H28O7. The summed E-state index contributed by atoms with van der Waals surface area (Å²) in [6.45, 7) is 3.11. The van der Waals surface area contributed by atoms with Gasteiger partial charge < -0.3 is 35.4 Å². The largest absolute Gasteiger partial charge is 0.394 e. The monoisotopic (exact) mass is 308 g/mol. The van der Waals surface area contributed by atoms with Crippen LogP contribution in [0.3, 0.4) is 0 Å². The lowest BCUT2D eigenvalue weighted by molar-refractivity contribution is -0.231. The topological polar surface area (TPSA) is 131 Å². The molecule has 21 heavy (non-hydrogen) atoms. The van der Waals surface area contributed by atoms with E-state index in [-0.39, 0.29) is 5.92 Å². The Labute approximate surface area is 124 Å². The predicted octanol–water partition coefficient (Wildman–Crippen LogP) is -1.62. The summed E-state index contributed by atoms with van der Waals surface area (Å²) in [6.07, 6.45) is -6.00. The van der Waals surface area contributed by atoms with Gasteiger partial charge in [-0.2, -0.15) is 0 Å². The maximum absolute atomic E-state index is 9.90. The Morgan fingerprint density at radius 2 is 1.57 bits per heavy atom. The first-order valence-corrected chi connectivity index (χ1v) is 7.50. The lowest BCUT2D eigenvalue weighted by Gasteiger charge is -2.40.